The number of ether oxygens (including phenoxy) is 1. The SMILES string of the molecule is COCCC(C)(N)Cc1ccc(F)cc1Cl. The largest absolute Gasteiger partial charge is 0.385 e. The van der Waals surface area contributed by atoms with Crippen molar-refractivity contribution in [3.63, 3.8) is 0 Å². The lowest BCUT2D eigenvalue weighted by atomic mass is 9.91. The first-order chi connectivity index (χ1) is 7.44. The number of nitrogens with two attached hydrogens (primary N) is 1. The first kappa shape index (κ1) is 13.4. The standard InChI is InChI=1S/C12H17ClFNO/c1-12(15,5-6-16-2)8-9-3-4-10(14)7-11(9)13/h3-4,7H,5-6,8,15H2,1-2H3. The van der Waals surface area contributed by atoms with Gasteiger partial charge in [0.15, 0.2) is 0 Å². The molecule has 0 bridgehead atoms. The number of hydrogen-bond acceptors (Lipinski definition) is 2. The third kappa shape index (κ3) is 4.08. The third-order valence-electron chi connectivity index (χ3n) is 2.49. The zero-order valence-electron chi connectivity index (χ0n) is 9.59. The quantitative estimate of drug-likeness (QED) is 0.866. The molecule has 0 radical (unpaired) electrons. The lowest BCUT2D eigenvalue weighted by molar-refractivity contribution is 0.171. The van der Waals surface area contributed by atoms with Crippen molar-refractivity contribution in [3.8, 4) is 0 Å². The molecule has 0 fully saturated rings. The first-order valence-corrected chi connectivity index (χ1v) is 5.54. The van der Waals surface area contributed by atoms with Crippen LogP contribution in [0.5, 0.6) is 0 Å². The van der Waals surface area contributed by atoms with Gasteiger partial charge in [-0.3, -0.25) is 0 Å². The fraction of sp³-hybridized carbons (Fsp3) is 0.500. The Hall–Kier alpha value is -0.640. The predicted molar refractivity (Wildman–Crippen MR) is 64.2 cm³/mol. The maximum atomic E-state index is 12.8. The van der Waals surface area contributed by atoms with E-state index in [0.717, 1.165) is 12.0 Å². The predicted octanol–water partition coefficient (Wildman–Crippen LogP) is 2.78. The Morgan fingerprint density at radius 1 is 1.50 bits per heavy atom. The van der Waals surface area contributed by atoms with E-state index in [2.05, 4.69) is 0 Å². The zero-order valence-corrected chi connectivity index (χ0v) is 10.4. The molecule has 1 rings (SSSR count). The zero-order chi connectivity index (χ0) is 12.2. The molecule has 16 heavy (non-hydrogen) atoms. The Kier molecular flexibility index (Phi) is 4.71. The van der Waals surface area contributed by atoms with Crippen LogP contribution in [0.3, 0.4) is 0 Å². The summed E-state index contributed by atoms with van der Waals surface area (Å²) in [5, 5.41) is 0.425. The fourth-order valence-corrected chi connectivity index (χ4v) is 1.76. The van der Waals surface area contributed by atoms with Gasteiger partial charge >= 0.3 is 0 Å². The molecule has 2 N–H and O–H groups in total. The molecule has 1 unspecified atom stereocenters. The fourth-order valence-electron chi connectivity index (χ4n) is 1.52. The number of methoxy groups -OCH3 is 1. The average Bonchev–Trinajstić information content (AvgIpc) is 2.19. The van der Waals surface area contributed by atoms with Crippen molar-refractivity contribution in [2.45, 2.75) is 25.3 Å². The molecule has 0 saturated heterocycles. The number of halogens is 2. The molecule has 0 heterocycles. The van der Waals surface area contributed by atoms with Crippen molar-refractivity contribution in [1.82, 2.24) is 0 Å². The summed E-state index contributed by atoms with van der Waals surface area (Å²) in [4.78, 5) is 0. The Morgan fingerprint density at radius 3 is 2.75 bits per heavy atom. The van der Waals surface area contributed by atoms with Gasteiger partial charge in [0.25, 0.3) is 0 Å². The van der Waals surface area contributed by atoms with Crippen LogP contribution in [-0.2, 0) is 11.2 Å². The van der Waals surface area contributed by atoms with Crippen LogP contribution in [0.25, 0.3) is 0 Å². The minimum absolute atomic E-state index is 0.329. The molecular weight excluding hydrogens is 229 g/mol. The molecule has 0 saturated carbocycles. The molecule has 0 amide bonds. The van der Waals surface area contributed by atoms with Crippen molar-refractivity contribution in [1.29, 1.82) is 0 Å². The van der Waals surface area contributed by atoms with Gasteiger partial charge in [-0.15, -0.1) is 0 Å². The van der Waals surface area contributed by atoms with Crippen LogP contribution < -0.4 is 5.73 Å². The van der Waals surface area contributed by atoms with Gasteiger partial charge in [-0.25, -0.2) is 4.39 Å². The lowest BCUT2D eigenvalue weighted by Gasteiger charge is -2.24. The van der Waals surface area contributed by atoms with E-state index < -0.39 is 5.54 Å². The average molecular weight is 246 g/mol. The van der Waals surface area contributed by atoms with Crippen molar-refractivity contribution < 1.29 is 9.13 Å². The van der Waals surface area contributed by atoms with Gasteiger partial charge in [-0.05, 0) is 37.5 Å². The van der Waals surface area contributed by atoms with Crippen LogP contribution in [0.4, 0.5) is 4.39 Å². The normalized spacial score (nSPS) is 14.8. The molecule has 4 heteroatoms. The lowest BCUT2D eigenvalue weighted by Crippen LogP contribution is -2.39. The summed E-state index contributed by atoms with van der Waals surface area (Å²) in [7, 11) is 1.64. The molecular formula is C12H17ClFNO. The van der Waals surface area contributed by atoms with Crippen molar-refractivity contribution in [2.24, 2.45) is 5.73 Å². The maximum absolute atomic E-state index is 12.8. The van der Waals surface area contributed by atoms with Gasteiger partial charge in [0, 0.05) is 24.3 Å². The van der Waals surface area contributed by atoms with Gasteiger partial charge in [0.05, 0.1) is 0 Å². The van der Waals surface area contributed by atoms with Crippen LogP contribution >= 0.6 is 11.6 Å². The van der Waals surface area contributed by atoms with E-state index in [0.29, 0.717) is 18.1 Å². The second kappa shape index (κ2) is 5.62. The molecule has 0 aliphatic heterocycles. The van der Waals surface area contributed by atoms with Crippen LogP contribution in [-0.4, -0.2) is 19.3 Å². The Labute approximate surface area is 101 Å². The summed E-state index contributed by atoms with van der Waals surface area (Å²) >= 11 is 5.94. The summed E-state index contributed by atoms with van der Waals surface area (Å²) in [5.74, 6) is -0.329. The van der Waals surface area contributed by atoms with E-state index in [9.17, 15) is 4.39 Å². The third-order valence-corrected chi connectivity index (χ3v) is 2.84. The van der Waals surface area contributed by atoms with Gasteiger partial charge in [0.2, 0.25) is 0 Å². The second-order valence-corrected chi connectivity index (χ2v) is 4.72. The summed E-state index contributed by atoms with van der Waals surface area (Å²) in [5.41, 5.74) is 6.58. The van der Waals surface area contributed by atoms with E-state index in [1.54, 1.807) is 13.2 Å². The van der Waals surface area contributed by atoms with E-state index in [1.165, 1.54) is 12.1 Å². The van der Waals surface area contributed by atoms with Gasteiger partial charge in [-0.2, -0.15) is 0 Å². The smallest absolute Gasteiger partial charge is 0.124 e. The minimum Gasteiger partial charge on any atom is -0.385 e. The van der Waals surface area contributed by atoms with E-state index in [-0.39, 0.29) is 5.82 Å². The summed E-state index contributed by atoms with van der Waals surface area (Å²) in [6, 6.07) is 4.38. The highest BCUT2D eigenvalue weighted by molar-refractivity contribution is 6.31. The summed E-state index contributed by atoms with van der Waals surface area (Å²) < 4.78 is 17.8. The van der Waals surface area contributed by atoms with Crippen molar-refractivity contribution in [3.05, 3.63) is 34.6 Å². The first-order valence-electron chi connectivity index (χ1n) is 5.16. The molecule has 2 nitrogen and oxygen atoms in total. The maximum Gasteiger partial charge on any atom is 0.124 e. The van der Waals surface area contributed by atoms with Crippen LogP contribution in [0.15, 0.2) is 18.2 Å². The van der Waals surface area contributed by atoms with E-state index in [1.807, 2.05) is 6.92 Å². The number of rotatable bonds is 5. The van der Waals surface area contributed by atoms with Crippen LogP contribution in [0.2, 0.25) is 5.02 Å². The molecule has 0 aliphatic carbocycles. The van der Waals surface area contributed by atoms with E-state index >= 15 is 0 Å². The second-order valence-electron chi connectivity index (χ2n) is 4.31. The number of hydrogen-bond donors (Lipinski definition) is 1. The van der Waals surface area contributed by atoms with E-state index in [4.69, 9.17) is 22.1 Å². The highest BCUT2D eigenvalue weighted by atomic mass is 35.5. The van der Waals surface area contributed by atoms with Gasteiger partial charge in [0.1, 0.15) is 5.82 Å². The summed E-state index contributed by atoms with van der Waals surface area (Å²) in [6.07, 6.45) is 1.34. The molecule has 0 aromatic heterocycles. The van der Waals surface area contributed by atoms with Crippen molar-refractivity contribution >= 4 is 11.6 Å². The molecule has 0 aliphatic rings. The van der Waals surface area contributed by atoms with Gasteiger partial charge < -0.3 is 10.5 Å². The number of benzene rings is 1. The highest BCUT2D eigenvalue weighted by Crippen LogP contribution is 2.22. The van der Waals surface area contributed by atoms with Crippen LogP contribution in [0, 0.1) is 5.82 Å². The molecule has 1 atom stereocenters. The minimum atomic E-state index is -0.391. The Bertz CT molecular complexity index is 355. The topological polar surface area (TPSA) is 35.2 Å². The van der Waals surface area contributed by atoms with Crippen molar-refractivity contribution in [2.75, 3.05) is 13.7 Å². The van der Waals surface area contributed by atoms with Crippen LogP contribution in [0.1, 0.15) is 18.9 Å². The Morgan fingerprint density at radius 2 is 2.19 bits per heavy atom. The monoisotopic (exact) mass is 245 g/mol. The molecule has 1 aromatic rings. The molecule has 1 aromatic carbocycles. The molecule has 0 spiro atoms. The molecule has 90 valence electrons. The summed E-state index contributed by atoms with van der Waals surface area (Å²) in [6.45, 7) is 2.54. The highest BCUT2D eigenvalue weighted by Gasteiger charge is 2.20. The Balaban J connectivity index is 2.71. The van der Waals surface area contributed by atoms with Gasteiger partial charge in [-0.1, -0.05) is 17.7 Å².